The molecule has 5 rings (SSSR count). The molecule has 2 atom stereocenters. The number of nitrogens with zero attached hydrogens (tertiary/aromatic N) is 3. The Morgan fingerprint density at radius 1 is 1.10 bits per heavy atom. The first-order valence-corrected chi connectivity index (χ1v) is 11.3. The Bertz CT molecular complexity index is 863. The van der Waals surface area contributed by atoms with E-state index in [9.17, 15) is 9.90 Å². The summed E-state index contributed by atoms with van der Waals surface area (Å²) in [6.45, 7) is 1.70. The normalized spacial score (nSPS) is 23.6. The molecule has 1 saturated heterocycles. The van der Waals surface area contributed by atoms with Gasteiger partial charge in [-0.3, -0.25) is 4.79 Å². The van der Waals surface area contributed by atoms with Crippen LogP contribution in [-0.2, 0) is 4.79 Å². The van der Waals surface area contributed by atoms with Crippen molar-refractivity contribution >= 4 is 5.91 Å². The summed E-state index contributed by atoms with van der Waals surface area (Å²) < 4.78 is 2.12. The van der Waals surface area contributed by atoms with Gasteiger partial charge in [0.2, 0.25) is 5.91 Å². The van der Waals surface area contributed by atoms with Gasteiger partial charge >= 0.3 is 0 Å². The highest BCUT2D eigenvalue weighted by Crippen LogP contribution is 2.42. The summed E-state index contributed by atoms with van der Waals surface area (Å²) in [7, 11) is 0. The van der Waals surface area contributed by atoms with Crippen LogP contribution in [0.1, 0.15) is 63.0 Å². The number of benzene rings is 1. The number of piperidine rings is 1. The zero-order chi connectivity index (χ0) is 19.8. The van der Waals surface area contributed by atoms with E-state index in [1.165, 1.54) is 30.4 Å². The summed E-state index contributed by atoms with van der Waals surface area (Å²) in [4.78, 5) is 19.2. The Kier molecular flexibility index (Phi) is 5.17. The Balaban J connectivity index is 1.21. The van der Waals surface area contributed by atoms with Crippen LogP contribution in [0.15, 0.2) is 36.8 Å². The van der Waals surface area contributed by atoms with Crippen LogP contribution in [0.3, 0.4) is 0 Å². The van der Waals surface area contributed by atoms with Gasteiger partial charge < -0.3 is 14.6 Å². The van der Waals surface area contributed by atoms with Crippen LogP contribution in [0.25, 0.3) is 11.3 Å². The third-order valence-corrected chi connectivity index (χ3v) is 7.34. The fourth-order valence-corrected chi connectivity index (χ4v) is 5.73. The van der Waals surface area contributed by atoms with Gasteiger partial charge in [0.05, 0.1) is 30.4 Å². The number of aliphatic hydroxyl groups excluding tert-OH is 1. The standard InChI is InChI=1S/C24H31N3O2/c28-22(23-20-9-5-4-8-19(20)21-15-25-16-27(21)23)14-17-10-12-26(13-11-17)24(29)18-6-2-1-3-7-18/h4-5,8-9,15-18,22-23,28H,1-3,6-7,10-14H2. The number of fused-ring (bicyclic) bond motifs is 3. The van der Waals surface area contributed by atoms with Gasteiger partial charge in [0, 0.05) is 24.6 Å². The first-order chi connectivity index (χ1) is 14.2. The van der Waals surface area contributed by atoms with Crippen LogP contribution in [0.5, 0.6) is 0 Å². The van der Waals surface area contributed by atoms with Gasteiger partial charge in [-0.05, 0) is 43.6 Å². The number of carbonyl (C=O) groups is 1. The van der Waals surface area contributed by atoms with Gasteiger partial charge in [-0.2, -0.15) is 0 Å². The maximum atomic E-state index is 12.8. The summed E-state index contributed by atoms with van der Waals surface area (Å²) in [5.74, 6) is 1.12. The van der Waals surface area contributed by atoms with Gasteiger partial charge in [-0.25, -0.2) is 4.98 Å². The highest BCUT2D eigenvalue weighted by molar-refractivity contribution is 5.79. The van der Waals surface area contributed by atoms with E-state index in [4.69, 9.17) is 0 Å². The number of carbonyl (C=O) groups excluding carboxylic acids is 1. The van der Waals surface area contributed by atoms with Crippen LogP contribution in [0.2, 0.25) is 0 Å². The van der Waals surface area contributed by atoms with E-state index in [1.807, 2.05) is 24.7 Å². The number of imidazole rings is 1. The maximum absolute atomic E-state index is 12.8. The Morgan fingerprint density at radius 3 is 2.66 bits per heavy atom. The van der Waals surface area contributed by atoms with Crippen LogP contribution in [-0.4, -0.2) is 44.7 Å². The number of aromatic nitrogens is 2. The van der Waals surface area contributed by atoms with E-state index in [2.05, 4.69) is 26.6 Å². The molecular weight excluding hydrogens is 362 g/mol. The molecule has 5 nitrogen and oxygen atoms in total. The summed E-state index contributed by atoms with van der Waals surface area (Å²) in [5, 5.41) is 11.2. The Labute approximate surface area is 172 Å². The predicted octanol–water partition coefficient (Wildman–Crippen LogP) is 4.02. The van der Waals surface area contributed by atoms with E-state index in [0.717, 1.165) is 50.9 Å². The van der Waals surface area contributed by atoms with Crippen LogP contribution in [0, 0.1) is 11.8 Å². The molecule has 1 aromatic carbocycles. The van der Waals surface area contributed by atoms with Crippen LogP contribution in [0.4, 0.5) is 0 Å². The molecule has 2 aliphatic heterocycles. The van der Waals surface area contributed by atoms with Crippen LogP contribution >= 0.6 is 0 Å². The van der Waals surface area contributed by atoms with Gasteiger partial charge in [0.1, 0.15) is 0 Å². The second-order valence-electron chi connectivity index (χ2n) is 9.12. The average Bonchev–Trinajstić information content (AvgIpc) is 3.35. The monoisotopic (exact) mass is 393 g/mol. The first kappa shape index (κ1) is 18.9. The summed E-state index contributed by atoms with van der Waals surface area (Å²) in [5.41, 5.74) is 3.47. The quantitative estimate of drug-likeness (QED) is 0.853. The number of amides is 1. The zero-order valence-corrected chi connectivity index (χ0v) is 17.0. The third kappa shape index (κ3) is 3.50. The number of likely N-dealkylation sites (tertiary alicyclic amines) is 1. The fraction of sp³-hybridized carbons (Fsp3) is 0.583. The molecule has 29 heavy (non-hydrogen) atoms. The molecule has 1 saturated carbocycles. The summed E-state index contributed by atoms with van der Waals surface area (Å²) >= 11 is 0. The lowest BCUT2D eigenvalue weighted by Gasteiger charge is -2.36. The topological polar surface area (TPSA) is 58.4 Å². The molecule has 3 aliphatic rings. The Hall–Kier alpha value is -2.14. The number of rotatable bonds is 4. The Morgan fingerprint density at radius 2 is 1.86 bits per heavy atom. The summed E-state index contributed by atoms with van der Waals surface area (Å²) in [6, 6.07) is 8.29. The van der Waals surface area contributed by atoms with Crippen molar-refractivity contribution in [3.05, 3.63) is 42.4 Å². The lowest BCUT2D eigenvalue weighted by Crippen LogP contribution is -2.43. The highest BCUT2D eigenvalue weighted by Gasteiger charge is 2.36. The second-order valence-corrected chi connectivity index (χ2v) is 9.12. The van der Waals surface area contributed by atoms with Crippen molar-refractivity contribution in [1.29, 1.82) is 0 Å². The molecule has 2 fully saturated rings. The van der Waals surface area contributed by atoms with E-state index in [-0.39, 0.29) is 12.0 Å². The minimum Gasteiger partial charge on any atom is -0.391 e. The third-order valence-electron chi connectivity index (χ3n) is 7.34. The second kappa shape index (κ2) is 7.94. The van der Waals surface area contributed by atoms with Crippen molar-refractivity contribution in [2.24, 2.45) is 11.8 Å². The minimum atomic E-state index is -0.433. The zero-order valence-electron chi connectivity index (χ0n) is 17.0. The molecule has 1 aliphatic carbocycles. The van der Waals surface area contributed by atoms with Crippen molar-refractivity contribution in [1.82, 2.24) is 14.5 Å². The molecule has 5 heteroatoms. The fourth-order valence-electron chi connectivity index (χ4n) is 5.73. The van der Waals surface area contributed by atoms with Crippen LogP contribution < -0.4 is 0 Å². The first-order valence-electron chi connectivity index (χ1n) is 11.3. The molecule has 0 spiro atoms. The molecular formula is C24H31N3O2. The highest BCUT2D eigenvalue weighted by atomic mass is 16.3. The summed E-state index contributed by atoms with van der Waals surface area (Å²) in [6.07, 6.45) is 11.9. The van der Waals surface area contributed by atoms with E-state index in [0.29, 0.717) is 11.8 Å². The molecule has 1 amide bonds. The maximum Gasteiger partial charge on any atom is 0.225 e. The SMILES string of the molecule is O=C(C1CCCCC1)N1CCC(CC(O)C2c3ccccc3-c3cncn32)CC1. The predicted molar refractivity (Wildman–Crippen MR) is 112 cm³/mol. The number of hydrogen-bond donors (Lipinski definition) is 1. The molecule has 1 N–H and O–H groups in total. The minimum absolute atomic E-state index is 0.0504. The number of aliphatic hydroxyl groups is 1. The van der Waals surface area contributed by atoms with E-state index in [1.54, 1.807) is 0 Å². The van der Waals surface area contributed by atoms with Crippen molar-refractivity contribution in [2.45, 2.75) is 63.5 Å². The van der Waals surface area contributed by atoms with E-state index >= 15 is 0 Å². The average molecular weight is 394 g/mol. The molecule has 3 heterocycles. The van der Waals surface area contributed by atoms with Gasteiger partial charge in [0.25, 0.3) is 0 Å². The van der Waals surface area contributed by atoms with Crippen molar-refractivity contribution < 1.29 is 9.90 Å². The molecule has 2 aromatic rings. The van der Waals surface area contributed by atoms with Crippen molar-refractivity contribution in [3.63, 3.8) is 0 Å². The molecule has 0 radical (unpaired) electrons. The lowest BCUT2D eigenvalue weighted by molar-refractivity contribution is -0.138. The number of hydrogen-bond acceptors (Lipinski definition) is 3. The van der Waals surface area contributed by atoms with Gasteiger partial charge in [-0.15, -0.1) is 0 Å². The molecule has 2 unspecified atom stereocenters. The van der Waals surface area contributed by atoms with Gasteiger partial charge in [-0.1, -0.05) is 43.5 Å². The molecule has 1 aromatic heterocycles. The van der Waals surface area contributed by atoms with Crippen molar-refractivity contribution in [3.8, 4) is 11.3 Å². The van der Waals surface area contributed by atoms with Gasteiger partial charge in [0.15, 0.2) is 0 Å². The van der Waals surface area contributed by atoms with Crippen molar-refractivity contribution in [2.75, 3.05) is 13.1 Å². The molecule has 0 bridgehead atoms. The van der Waals surface area contributed by atoms with E-state index < -0.39 is 6.10 Å². The molecule has 154 valence electrons. The smallest absolute Gasteiger partial charge is 0.225 e. The largest absolute Gasteiger partial charge is 0.391 e. The lowest BCUT2D eigenvalue weighted by atomic mass is 9.85.